The van der Waals surface area contributed by atoms with Crippen molar-refractivity contribution in [2.24, 2.45) is 0 Å². The number of amides is 1. The Morgan fingerprint density at radius 3 is 2.80 bits per heavy atom. The van der Waals surface area contributed by atoms with Crippen LogP contribution in [0.5, 0.6) is 0 Å². The SMILES string of the molecule is CC(C)N1CCC(NC(=O)Cc2ccn[nH]2)C1c1ccc(F)c(F)c1. The summed E-state index contributed by atoms with van der Waals surface area (Å²) in [6.45, 7) is 4.90. The lowest BCUT2D eigenvalue weighted by atomic mass is 9.98. The van der Waals surface area contributed by atoms with Gasteiger partial charge in [-0.15, -0.1) is 0 Å². The molecule has 1 saturated heterocycles. The molecule has 1 amide bonds. The highest BCUT2D eigenvalue weighted by Crippen LogP contribution is 2.34. The lowest BCUT2D eigenvalue weighted by Gasteiger charge is -2.32. The minimum Gasteiger partial charge on any atom is -0.351 e. The van der Waals surface area contributed by atoms with Crippen LogP contribution in [-0.4, -0.2) is 39.6 Å². The van der Waals surface area contributed by atoms with Gasteiger partial charge in [-0.25, -0.2) is 8.78 Å². The number of aromatic nitrogens is 2. The maximum Gasteiger partial charge on any atom is 0.226 e. The number of carbonyl (C=O) groups is 1. The van der Waals surface area contributed by atoms with E-state index < -0.39 is 11.6 Å². The van der Waals surface area contributed by atoms with E-state index in [9.17, 15) is 13.6 Å². The van der Waals surface area contributed by atoms with Crippen LogP contribution in [0.25, 0.3) is 0 Å². The van der Waals surface area contributed by atoms with E-state index >= 15 is 0 Å². The van der Waals surface area contributed by atoms with Gasteiger partial charge in [0.25, 0.3) is 0 Å². The summed E-state index contributed by atoms with van der Waals surface area (Å²) >= 11 is 0. The molecule has 0 bridgehead atoms. The molecule has 1 aliphatic rings. The average Bonchev–Trinajstić information content (AvgIpc) is 3.20. The summed E-state index contributed by atoms with van der Waals surface area (Å²) in [5, 5.41) is 9.64. The number of rotatable bonds is 5. The van der Waals surface area contributed by atoms with E-state index in [0.717, 1.165) is 24.7 Å². The number of carbonyl (C=O) groups excluding carboxylic acids is 1. The van der Waals surface area contributed by atoms with Crippen LogP contribution in [0.3, 0.4) is 0 Å². The number of hydrogen-bond donors (Lipinski definition) is 2. The monoisotopic (exact) mass is 348 g/mol. The third kappa shape index (κ3) is 3.87. The fourth-order valence-electron chi connectivity index (χ4n) is 3.48. The normalized spacial score (nSPS) is 21.0. The molecule has 0 aliphatic carbocycles. The fourth-order valence-corrected chi connectivity index (χ4v) is 3.48. The van der Waals surface area contributed by atoms with E-state index in [0.29, 0.717) is 5.56 Å². The Morgan fingerprint density at radius 2 is 2.16 bits per heavy atom. The Labute approximate surface area is 145 Å². The molecular weight excluding hydrogens is 326 g/mol. The number of H-pyrrole nitrogens is 1. The van der Waals surface area contributed by atoms with Gasteiger partial charge in [0.2, 0.25) is 5.91 Å². The second kappa shape index (κ2) is 7.31. The summed E-state index contributed by atoms with van der Waals surface area (Å²) in [7, 11) is 0. The van der Waals surface area contributed by atoms with Crippen LogP contribution in [0.15, 0.2) is 30.5 Å². The first-order valence-electron chi connectivity index (χ1n) is 8.44. The summed E-state index contributed by atoms with van der Waals surface area (Å²) in [4.78, 5) is 14.5. The molecule has 2 heterocycles. The van der Waals surface area contributed by atoms with E-state index in [2.05, 4.69) is 34.3 Å². The summed E-state index contributed by atoms with van der Waals surface area (Å²) in [5.74, 6) is -1.85. The van der Waals surface area contributed by atoms with Crippen molar-refractivity contribution in [1.29, 1.82) is 0 Å². The van der Waals surface area contributed by atoms with Crippen molar-refractivity contribution in [2.45, 2.75) is 44.8 Å². The van der Waals surface area contributed by atoms with Crippen LogP contribution in [-0.2, 0) is 11.2 Å². The third-order valence-electron chi connectivity index (χ3n) is 4.64. The summed E-state index contributed by atoms with van der Waals surface area (Å²) in [5.41, 5.74) is 1.41. The first-order chi connectivity index (χ1) is 12.0. The van der Waals surface area contributed by atoms with Gasteiger partial charge in [-0.1, -0.05) is 6.07 Å². The van der Waals surface area contributed by atoms with Crippen LogP contribution < -0.4 is 5.32 Å². The van der Waals surface area contributed by atoms with Crippen molar-refractivity contribution in [3.63, 3.8) is 0 Å². The number of halogens is 2. The minimum absolute atomic E-state index is 0.118. The highest BCUT2D eigenvalue weighted by Gasteiger charge is 2.37. The number of likely N-dealkylation sites (tertiary alicyclic amines) is 1. The van der Waals surface area contributed by atoms with Crippen LogP contribution in [0.1, 0.15) is 37.6 Å². The zero-order chi connectivity index (χ0) is 18.0. The van der Waals surface area contributed by atoms with Crippen LogP contribution in [0.2, 0.25) is 0 Å². The number of nitrogens with one attached hydrogen (secondary N) is 2. The van der Waals surface area contributed by atoms with Gasteiger partial charge < -0.3 is 5.32 Å². The highest BCUT2D eigenvalue weighted by molar-refractivity contribution is 5.78. The Balaban J connectivity index is 1.79. The Morgan fingerprint density at radius 1 is 1.36 bits per heavy atom. The van der Waals surface area contributed by atoms with Gasteiger partial charge in [0.1, 0.15) is 0 Å². The van der Waals surface area contributed by atoms with Crippen LogP contribution in [0, 0.1) is 11.6 Å². The molecule has 134 valence electrons. The van der Waals surface area contributed by atoms with Gasteiger partial charge in [0, 0.05) is 30.5 Å². The van der Waals surface area contributed by atoms with E-state index in [1.807, 2.05) is 0 Å². The Kier molecular flexibility index (Phi) is 5.13. The van der Waals surface area contributed by atoms with Gasteiger partial charge in [-0.05, 0) is 44.0 Å². The predicted octanol–water partition coefficient (Wildman–Crippen LogP) is 2.57. The van der Waals surface area contributed by atoms with E-state index in [4.69, 9.17) is 0 Å². The Hall–Kier alpha value is -2.28. The lowest BCUT2D eigenvalue weighted by Crippen LogP contribution is -2.42. The fraction of sp³-hybridized carbons (Fsp3) is 0.444. The molecule has 3 rings (SSSR count). The first kappa shape index (κ1) is 17.5. The first-order valence-corrected chi connectivity index (χ1v) is 8.44. The summed E-state index contributed by atoms with van der Waals surface area (Å²) in [6.07, 6.45) is 2.57. The van der Waals surface area contributed by atoms with Crippen molar-refractivity contribution in [3.8, 4) is 0 Å². The quantitative estimate of drug-likeness (QED) is 0.873. The highest BCUT2D eigenvalue weighted by atomic mass is 19.2. The van der Waals surface area contributed by atoms with Crippen molar-refractivity contribution >= 4 is 5.91 Å². The topological polar surface area (TPSA) is 61.0 Å². The number of benzene rings is 1. The van der Waals surface area contributed by atoms with Gasteiger partial charge >= 0.3 is 0 Å². The van der Waals surface area contributed by atoms with Gasteiger partial charge in [-0.2, -0.15) is 5.10 Å². The molecule has 7 heteroatoms. The van der Waals surface area contributed by atoms with E-state index in [1.165, 1.54) is 6.07 Å². The second-order valence-electron chi connectivity index (χ2n) is 6.67. The minimum atomic E-state index is -0.865. The molecule has 5 nitrogen and oxygen atoms in total. The summed E-state index contributed by atoms with van der Waals surface area (Å²) < 4.78 is 27.0. The van der Waals surface area contributed by atoms with Crippen molar-refractivity contribution in [3.05, 3.63) is 53.4 Å². The predicted molar refractivity (Wildman–Crippen MR) is 89.8 cm³/mol. The molecule has 2 N–H and O–H groups in total. The number of hydrogen-bond acceptors (Lipinski definition) is 3. The molecule has 25 heavy (non-hydrogen) atoms. The second-order valence-corrected chi connectivity index (χ2v) is 6.67. The molecular formula is C18H22F2N4O. The van der Waals surface area contributed by atoms with E-state index in [1.54, 1.807) is 18.3 Å². The zero-order valence-corrected chi connectivity index (χ0v) is 14.3. The molecule has 1 fully saturated rings. The smallest absolute Gasteiger partial charge is 0.226 e. The molecule has 1 aliphatic heterocycles. The molecule has 0 spiro atoms. The van der Waals surface area contributed by atoms with E-state index in [-0.39, 0.29) is 30.5 Å². The molecule has 2 aromatic rings. The molecule has 0 saturated carbocycles. The molecule has 1 aromatic heterocycles. The van der Waals surface area contributed by atoms with Gasteiger partial charge in [-0.3, -0.25) is 14.8 Å². The maximum absolute atomic E-state index is 13.7. The van der Waals surface area contributed by atoms with Crippen molar-refractivity contribution in [1.82, 2.24) is 20.4 Å². The van der Waals surface area contributed by atoms with Crippen molar-refractivity contribution < 1.29 is 13.6 Å². The van der Waals surface area contributed by atoms with Crippen molar-refractivity contribution in [2.75, 3.05) is 6.54 Å². The van der Waals surface area contributed by atoms with Gasteiger partial charge in [0.05, 0.1) is 12.5 Å². The lowest BCUT2D eigenvalue weighted by molar-refractivity contribution is -0.121. The molecule has 2 unspecified atom stereocenters. The van der Waals surface area contributed by atoms with Gasteiger partial charge in [0.15, 0.2) is 11.6 Å². The van der Waals surface area contributed by atoms with Crippen LogP contribution >= 0.6 is 0 Å². The third-order valence-corrected chi connectivity index (χ3v) is 4.64. The Bertz CT molecular complexity index is 733. The maximum atomic E-state index is 13.7. The van der Waals surface area contributed by atoms with Crippen LogP contribution in [0.4, 0.5) is 8.78 Å². The molecule has 2 atom stereocenters. The number of aromatic amines is 1. The molecule has 1 aromatic carbocycles. The summed E-state index contributed by atoms with van der Waals surface area (Å²) in [6, 6.07) is 5.62. The largest absolute Gasteiger partial charge is 0.351 e. The average molecular weight is 348 g/mol. The molecule has 0 radical (unpaired) electrons. The zero-order valence-electron chi connectivity index (χ0n) is 14.3. The number of nitrogens with zero attached hydrogens (tertiary/aromatic N) is 2. The standard InChI is InChI=1S/C18H22F2N4O/c1-11(2)24-8-6-16(22-17(25)10-13-5-7-21-23-13)18(24)12-3-4-14(19)15(20)9-12/h3-5,7,9,11,16,18H,6,8,10H2,1-2H3,(H,21,23)(H,22,25).